The Balaban J connectivity index is 0.00000196. The Morgan fingerprint density at radius 3 is 2.73 bits per heavy atom. The van der Waals surface area contributed by atoms with Crippen molar-refractivity contribution in [3.63, 3.8) is 0 Å². The van der Waals surface area contributed by atoms with Crippen LogP contribution in [0.1, 0.15) is 5.82 Å². The van der Waals surface area contributed by atoms with Crippen molar-refractivity contribution >= 4 is 33.2 Å². The van der Waals surface area contributed by atoms with E-state index in [1.807, 2.05) is 17.5 Å². The standard InChI is InChI=1S/C18H12ClN3O2S.ClH/c19-12-5-3-11(4-6-12)14-10-25-18-16(14)17(24)20-15(21-18)9-22-7-1-2-13(23)8-22;/h1-8,10H,9H2,(H-,20,21,23,24);1H. The number of nitrogens with zero attached hydrogens (tertiary/aromatic N) is 2. The van der Waals surface area contributed by atoms with Gasteiger partial charge in [0.05, 0.1) is 5.39 Å². The second-order valence-corrected chi connectivity index (χ2v) is 6.88. The Kier molecular flexibility index (Phi) is 5.27. The largest absolute Gasteiger partial charge is 1.00 e. The molecule has 0 unspecified atom stereocenters. The number of H-pyrrole nitrogens is 1. The number of fused-ring (bicyclic) bond motifs is 1. The first-order valence-electron chi connectivity index (χ1n) is 7.54. The third-order valence-corrected chi connectivity index (χ3v) is 4.95. The van der Waals surface area contributed by atoms with E-state index >= 15 is 0 Å². The predicted molar refractivity (Wildman–Crippen MR) is 98.1 cm³/mol. The predicted octanol–water partition coefficient (Wildman–Crippen LogP) is 0.350. The van der Waals surface area contributed by atoms with Crippen LogP contribution < -0.4 is 22.5 Å². The molecule has 5 nitrogen and oxygen atoms in total. The van der Waals surface area contributed by atoms with E-state index in [9.17, 15) is 9.90 Å². The summed E-state index contributed by atoms with van der Waals surface area (Å²) >= 11 is 7.37. The van der Waals surface area contributed by atoms with Crippen LogP contribution in [0.25, 0.3) is 21.3 Å². The SMILES string of the molecule is O=c1[nH]c(C[n+]2cccc(O)c2)nc2scc(-c3ccc(Cl)cc3)c12.[Cl-]. The van der Waals surface area contributed by atoms with Crippen molar-refractivity contribution in [3.05, 3.63) is 75.4 Å². The van der Waals surface area contributed by atoms with Crippen LogP contribution in [0.3, 0.4) is 0 Å². The van der Waals surface area contributed by atoms with E-state index in [4.69, 9.17) is 11.6 Å². The van der Waals surface area contributed by atoms with E-state index in [1.54, 1.807) is 41.2 Å². The molecule has 0 amide bonds. The fourth-order valence-corrected chi connectivity index (χ4v) is 3.78. The Bertz CT molecular complexity index is 1120. The highest BCUT2D eigenvalue weighted by Gasteiger charge is 2.15. The number of hydrogen-bond acceptors (Lipinski definition) is 4. The average molecular weight is 406 g/mol. The van der Waals surface area contributed by atoms with Crippen LogP contribution in [-0.4, -0.2) is 15.1 Å². The smallest absolute Gasteiger partial charge is 0.260 e. The zero-order chi connectivity index (χ0) is 17.4. The van der Waals surface area contributed by atoms with Crippen molar-refractivity contribution in [2.45, 2.75) is 6.54 Å². The summed E-state index contributed by atoms with van der Waals surface area (Å²) in [5, 5.41) is 12.7. The second kappa shape index (κ2) is 7.45. The van der Waals surface area contributed by atoms with Gasteiger partial charge in [0.2, 0.25) is 12.7 Å². The van der Waals surface area contributed by atoms with Crippen LogP contribution in [-0.2, 0) is 6.54 Å². The first kappa shape index (κ1) is 18.4. The molecule has 8 heteroatoms. The van der Waals surface area contributed by atoms with Crippen molar-refractivity contribution in [2.75, 3.05) is 0 Å². The average Bonchev–Trinajstić information content (AvgIpc) is 3.00. The molecule has 26 heavy (non-hydrogen) atoms. The van der Waals surface area contributed by atoms with Gasteiger partial charge in [0.15, 0.2) is 17.8 Å². The number of hydrogen-bond donors (Lipinski definition) is 2. The van der Waals surface area contributed by atoms with Gasteiger partial charge in [-0.1, -0.05) is 23.7 Å². The zero-order valence-electron chi connectivity index (χ0n) is 13.3. The van der Waals surface area contributed by atoms with Gasteiger partial charge < -0.3 is 22.5 Å². The molecule has 0 fully saturated rings. The third kappa shape index (κ3) is 3.58. The lowest BCUT2D eigenvalue weighted by Crippen LogP contribution is -3.00. The second-order valence-electron chi connectivity index (χ2n) is 5.58. The first-order chi connectivity index (χ1) is 12.1. The molecule has 0 saturated carbocycles. The van der Waals surface area contributed by atoms with Crippen molar-refractivity contribution < 1.29 is 22.1 Å². The summed E-state index contributed by atoms with van der Waals surface area (Å²) in [7, 11) is 0. The highest BCUT2D eigenvalue weighted by atomic mass is 35.5. The summed E-state index contributed by atoms with van der Waals surface area (Å²) in [6.45, 7) is 0.369. The number of aromatic amines is 1. The zero-order valence-corrected chi connectivity index (χ0v) is 15.6. The number of pyridine rings is 1. The summed E-state index contributed by atoms with van der Waals surface area (Å²) in [5.74, 6) is 0.699. The van der Waals surface area contributed by atoms with Crippen LogP contribution in [0.5, 0.6) is 5.75 Å². The number of rotatable bonds is 3. The van der Waals surface area contributed by atoms with E-state index in [2.05, 4.69) is 9.97 Å². The summed E-state index contributed by atoms with van der Waals surface area (Å²) in [6, 6.07) is 10.7. The minimum Gasteiger partial charge on any atom is -1.00 e. The highest BCUT2D eigenvalue weighted by molar-refractivity contribution is 7.17. The fourth-order valence-electron chi connectivity index (χ4n) is 2.69. The molecule has 0 aliphatic heterocycles. The van der Waals surface area contributed by atoms with E-state index in [-0.39, 0.29) is 23.7 Å². The Labute approximate surface area is 164 Å². The summed E-state index contributed by atoms with van der Waals surface area (Å²) < 4.78 is 1.76. The number of thiophene rings is 1. The quantitative estimate of drug-likeness (QED) is 0.483. The summed E-state index contributed by atoms with van der Waals surface area (Å²) in [4.78, 5) is 20.7. The number of aromatic nitrogens is 3. The molecule has 1 aromatic carbocycles. The van der Waals surface area contributed by atoms with Gasteiger partial charge >= 0.3 is 0 Å². The van der Waals surface area contributed by atoms with Crippen LogP contribution in [0.2, 0.25) is 5.02 Å². The highest BCUT2D eigenvalue weighted by Crippen LogP contribution is 2.31. The van der Waals surface area contributed by atoms with E-state index in [1.165, 1.54) is 11.3 Å². The number of aromatic hydroxyl groups is 1. The minimum atomic E-state index is -0.174. The molecule has 0 atom stereocenters. The minimum absolute atomic E-state index is 0. The third-order valence-electron chi connectivity index (χ3n) is 3.82. The number of nitrogens with one attached hydrogen (secondary N) is 1. The van der Waals surface area contributed by atoms with Crippen LogP contribution in [0, 0.1) is 0 Å². The maximum Gasteiger partial charge on any atom is 0.260 e. The summed E-state index contributed by atoms with van der Waals surface area (Å²) in [6.07, 6.45) is 3.38. The van der Waals surface area contributed by atoms with Gasteiger partial charge in [-0.25, -0.2) is 4.98 Å². The molecule has 0 bridgehead atoms. The van der Waals surface area contributed by atoms with Gasteiger partial charge in [-0.05, 0) is 23.8 Å². The van der Waals surface area contributed by atoms with Crippen LogP contribution in [0.4, 0.5) is 0 Å². The first-order valence-corrected chi connectivity index (χ1v) is 8.80. The molecule has 132 valence electrons. The van der Waals surface area contributed by atoms with Crippen molar-refractivity contribution in [3.8, 4) is 16.9 Å². The van der Waals surface area contributed by atoms with E-state index in [0.29, 0.717) is 27.6 Å². The Morgan fingerprint density at radius 2 is 2.00 bits per heavy atom. The van der Waals surface area contributed by atoms with Gasteiger partial charge in [-0.2, -0.15) is 4.57 Å². The molecule has 0 aliphatic carbocycles. The molecule has 0 saturated heterocycles. The van der Waals surface area contributed by atoms with Crippen molar-refractivity contribution in [1.82, 2.24) is 9.97 Å². The van der Waals surface area contributed by atoms with Gasteiger partial charge in [-0.15, -0.1) is 11.3 Å². The van der Waals surface area contributed by atoms with Crippen molar-refractivity contribution in [1.29, 1.82) is 0 Å². The monoisotopic (exact) mass is 405 g/mol. The topological polar surface area (TPSA) is 69.9 Å². The van der Waals surface area contributed by atoms with E-state index < -0.39 is 0 Å². The molecule has 3 aromatic heterocycles. The van der Waals surface area contributed by atoms with Gasteiger partial charge in [0, 0.05) is 22.0 Å². The Morgan fingerprint density at radius 1 is 1.23 bits per heavy atom. The summed E-state index contributed by atoms with van der Waals surface area (Å²) in [5.41, 5.74) is 1.60. The molecule has 4 aromatic rings. The fraction of sp³-hybridized carbons (Fsp3) is 0.0556. The molecule has 4 rings (SSSR count). The lowest BCUT2D eigenvalue weighted by atomic mass is 10.1. The number of benzene rings is 1. The van der Waals surface area contributed by atoms with Crippen molar-refractivity contribution in [2.24, 2.45) is 0 Å². The van der Waals surface area contributed by atoms with Gasteiger partial charge in [0.25, 0.3) is 5.56 Å². The lowest BCUT2D eigenvalue weighted by Gasteiger charge is -2.01. The molecule has 0 aliphatic rings. The van der Waals surface area contributed by atoms with Gasteiger partial charge in [0.1, 0.15) is 4.83 Å². The lowest BCUT2D eigenvalue weighted by molar-refractivity contribution is -0.689. The number of halogens is 2. The molecule has 3 heterocycles. The molecule has 0 spiro atoms. The molecular weight excluding hydrogens is 393 g/mol. The Hall–Kier alpha value is -2.41. The molecular formula is C18H13Cl2N3O2S. The normalized spacial score (nSPS) is 10.7. The van der Waals surface area contributed by atoms with E-state index in [0.717, 1.165) is 11.1 Å². The van der Waals surface area contributed by atoms with Crippen LogP contribution in [0.15, 0.2) is 59.0 Å². The molecule has 0 radical (unpaired) electrons. The van der Waals surface area contributed by atoms with Crippen LogP contribution >= 0.6 is 22.9 Å². The van der Waals surface area contributed by atoms with Gasteiger partial charge in [-0.3, -0.25) is 4.79 Å². The molecule has 2 N–H and O–H groups in total. The maximum atomic E-state index is 12.6. The maximum absolute atomic E-state index is 12.6.